The van der Waals surface area contributed by atoms with E-state index in [4.69, 9.17) is 0 Å². The molecular weight excluding hydrogens is 261 g/mol. The highest BCUT2D eigenvalue weighted by Gasteiger charge is 2.43. The summed E-state index contributed by atoms with van der Waals surface area (Å²) in [5.41, 5.74) is 0. The van der Waals surface area contributed by atoms with E-state index >= 15 is 0 Å². The number of nitrogens with zero attached hydrogens (tertiary/aromatic N) is 1. The van der Waals surface area contributed by atoms with Crippen molar-refractivity contribution in [1.29, 1.82) is 0 Å². The van der Waals surface area contributed by atoms with Gasteiger partial charge in [-0.05, 0) is 26.7 Å². The van der Waals surface area contributed by atoms with Gasteiger partial charge in [0, 0.05) is 12.8 Å². The van der Waals surface area contributed by atoms with Crippen molar-refractivity contribution in [2.45, 2.75) is 63.7 Å². The Labute approximate surface area is 110 Å². The van der Waals surface area contributed by atoms with Crippen LogP contribution in [0.25, 0.3) is 0 Å². The Morgan fingerprint density at radius 3 is 1.68 bits per heavy atom. The van der Waals surface area contributed by atoms with Gasteiger partial charge in [-0.2, -0.15) is 0 Å². The molecule has 3 heterocycles. The maximum Gasteiger partial charge on any atom is 0.673 e. The zero-order valence-corrected chi connectivity index (χ0v) is 11.2. The quantitative estimate of drug-likeness (QED) is 0.403. The van der Waals surface area contributed by atoms with Crippen LogP contribution in [-0.2, 0) is 0 Å². The molecule has 3 aliphatic rings. The van der Waals surface area contributed by atoms with Crippen molar-refractivity contribution < 1.29 is 21.8 Å². The molecule has 0 aliphatic carbocycles. The van der Waals surface area contributed by atoms with E-state index in [1.54, 1.807) is 0 Å². The second-order valence-electron chi connectivity index (χ2n) is 5.70. The number of guanidine groups is 1. The number of hydrogen-bond acceptors (Lipinski definition) is 2. The van der Waals surface area contributed by atoms with Crippen LogP contribution < -0.4 is 10.6 Å². The van der Waals surface area contributed by atoms with Crippen LogP contribution in [0.4, 0.5) is 17.3 Å². The SMILES string of the molecule is C[C@@H]1C[C@@H]2CC[C@@H]3C[C@H](C)NC(=[N+]32)N1.F[B-](F)(F)F. The second-order valence-corrected chi connectivity index (χ2v) is 5.70. The van der Waals surface area contributed by atoms with E-state index in [1.807, 2.05) is 0 Å². The minimum atomic E-state index is -6.00. The first-order chi connectivity index (χ1) is 8.74. The summed E-state index contributed by atoms with van der Waals surface area (Å²) in [5, 5.41) is 7.16. The number of hydrogen-bond donors (Lipinski definition) is 2. The molecule has 2 N–H and O–H groups in total. The van der Waals surface area contributed by atoms with Crippen LogP contribution in [0.5, 0.6) is 0 Å². The predicted octanol–water partition coefficient (Wildman–Crippen LogP) is 1.95. The number of halogens is 4. The first kappa shape index (κ1) is 14.5. The molecule has 3 rings (SSSR count). The Kier molecular flexibility index (Phi) is 3.96. The summed E-state index contributed by atoms with van der Waals surface area (Å²) in [6, 6.07) is 2.91. The highest BCUT2D eigenvalue weighted by Crippen LogP contribution is 2.29. The lowest BCUT2D eigenvalue weighted by Crippen LogP contribution is -2.61. The zero-order chi connectivity index (χ0) is 14.2. The molecule has 0 unspecified atom stereocenters. The second kappa shape index (κ2) is 5.21. The third kappa shape index (κ3) is 3.76. The molecule has 0 aromatic carbocycles. The maximum atomic E-state index is 9.75. The van der Waals surface area contributed by atoms with E-state index in [0.29, 0.717) is 12.1 Å². The summed E-state index contributed by atoms with van der Waals surface area (Å²) in [5.74, 6) is 1.31. The third-order valence-corrected chi connectivity index (χ3v) is 3.90. The molecule has 0 spiro atoms. The molecule has 0 bridgehead atoms. The zero-order valence-electron chi connectivity index (χ0n) is 11.2. The van der Waals surface area contributed by atoms with Gasteiger partial charge >= 0.3 is 13.2 Å². The lowest BCUT2D eigenvalue weighted by Gasteiger charge is -2.33. The monoisotopic (exact) mass is 281 g/mol. The molecular formula is C11H20BF4N3. The van der Waals surface area contributed by atoms with Crippen molar-refractivity contribution in [3.63, 3.8) is 0 Å². The van der Waals surface area contributed by atoms with Gasteiger partial charge in [0.2, 0.25) is 0 Å². The summed E-state index contributed by atoms with van der Waals surface area (Å²) in [6.45, 7) is 4.58. The van der Waals surface area contributed by atoms with Crippen LogP contribution >= 0.6 is 0 Å². The van der Waals surface area contributed by atoms with E-state index in [9.17, 15) is 17.3 Å². The van der Waals surface area contributed by atoms with Gasteiger partial charge < -0.3 is 17.3 Å². The van der Waals surface area contributed by atoms with Crippen LogP contribution in [0, 0.1) is 0 Å². The van der Waals surface area contributed by atoms with Gasteiger partial charge in [0.15, 0.2) is 0 Å². The molecule has 0 amide bonds. The van der Waals surface area contributed by atoms with Gasteiger partial charge in [0.05, 0.1) is 24.2 Å². The lowest BCUT2D eigenvalue weighted by atomic mass is 10.1. The van der Waals surface area contributed by atoms with Gasteiger partial charge in [0.25, 0.3) is 0 Å². The van der Waals surface area contributed by atoms with E-state index < -0.39 is 7.25 Å². The number of nitrogens with one attached hydrogen (secondary N) is 2. The van der Waals surface area contributed by atoms with Crippen LogP contribution in [0.3, 0.4) is 0 Å². The van der Waals surface area contributed by atoms with Crippen LogP contribution in [-0.4, -0.2) is 42.0 Å². The minimum absolute atomic E-state index is 0.641. The van der Waals surface area contributed by atoms with Gasteiger partial charge in [-0.3, -0.25) is 15.2 Å². The minimum Gasteiger partial charge on any atom is -0.418 e. The summed E-state index contributed by atoms with van der Waals surface area (Å²) in [7, 11) is -6.00. The molecule has 3 aliphatic heterocycles. The van der Waals surface area contributed by atoms with Crippen LogP contribution in [0.15, 0.2) is 0 Å². The average Bonchev–Trinajstić information content (AvgIpc) is 2.58. The largest absolute Gasteiger partial charge is 0.673 e. The van der Waals surface area contributed by atoms with Crippen LogP contribution in [0.2, 0.25) is 0 Å². The van der Waals surface area contributed by atoms with Crippen LogP contribution in [0.1, 0.15) is 39.5 Å². The smallest absolute Gasteiger partial charge is 0.418 e. The normalized spacial score (nSPS) is 36.7. The summed E-state index contributed by atoms with van der Waals surface area (Å²) in [4.78, 5) is 0. The molecule has 1 fully saturated rings. The Morgan fingerprint density at radius 2 is 1.32 bits per heavy atom. The fourth-order valence-corrected chi connectivity index (χ4v) is 3.38. The lowest BCUT2D eigenvalue weighted by molar-refractivity contribution is -0.592. The molecule has 0 radical (unpaired) electrons. The third-order valence-electron chi connectivity index (χ3n) is 3.90. The van der Waals surface area contributed by atoms with E-state index in [-0.39, 0.29) is 0 Å². The van der Waals surface area contributed by atoms with Gasteiger partial charge in [0.1, 0.15) is 0 Å². The molecule has 4 atom stereocenters. The highest BCUT2D eigenvalue weighted by molar-refractivity contribution is 6.50. The molecule has 19 heavy (non-hydrogen) atoms. The molecule has 110 valence electrons. The molecule has 3 nitrogen and oxygen atoms in total. The predicted molar refractivity (Wildman–Crippen MR) is 66.7 cm³/mol. The molecule has 1 saturated heterocycles. The van der Waals surface area contributed by atoms with Gasteiger partial charge in [-0.1, -0.05) is 0 Å². The van der Waals surface area contributed by atoms with E-state index in [0.717, 1.165) is 12.1 Å². The van der Waals surface area contributed by atoms with Crippen molar-refractivity contribution in [2.24, 2.45) is 0 Å². The van der Waals surface area contributed by atoms with E-state index in [2.05, 4.69) is 29.1 Å². The van der Waals surface area contributed by atoms with Crippen molar-refractivity contribution in [2.75, 3.05) is 0 Å². The average molecular weight is 281 g/mol. The summed E-state index contributed by atoms with van der Waals surface area (Å²) >= 11 is 0. The summed E-state index contributed by atoms with van der Waals surface area (Å²) in [6.07, 6.45) is 5.43. The fourth-order valence-electron chi connectivity index (χ4n) is 3.38. The van der Waals surface area contributed by atoms with Crippen molar-refractivity contribution >= 4 is 13.2 Å². The summed E-state index contributed by atoms with van der Waals surface area (Å²) < 4.78 is 41.6. The molecule has 0 aromatic rings. The van der Waals surface area contributed by atoms with Crippen molar-refractivity contribution in [3.8, 4) is 0 Å². The Hall–Kier alpha value is -0.945. The molecule has 0 saturated carbocycles. The molecule has 0 aromatic heterocycles. The topological polar surface area (TPSA) is 27.1 Å². The van der Waals surface area contributed by atoms with Crippen molar-refractivity contribution in [1.82, 2.24) is 10.6 Å². The molecule has 8 heteroatoms. The Bertz CT molecular complexity index is 339. The fraction of sp³-hybridized carbons (Fsp3) is 0.909. The Morgan fingerprint density at radius 1 is 0.947 bits per heavy atom. The number of rotatable bonds is 0. The van der Waals surface area contributed by atoms with Gasteiger partial charge in [-0.15, -0.1) is 0 Å². The maximum absolute atomic E-state index is 9.75. The first-order valence-electron chi connectivity index (χ1n) is 6.79. The van der Waals surface area contributed by atoms with Crippen molar-refractivity contribution in [3.05, 3.63) is 0 Å². The first-order valence-corrected chi connectivity index (χ1v) is 6.79. The standard InChI is InChI=1S/C11H19N3.BF4/c1-7-5-9-3-4-10-6-8(2)13-11(12-7)14(9)10;2-1(3,4)5/h7-10H,3-6H2,1-2H3,(H,12,13);/q;-1/p+1/t7-,8+,9+,10-;. The Balaban J connectivity index is 0.000000232. The highest BCUT2D eigenvalue weighted by atomic mass is 19.5. The van der Waals surface area contributed by atoms with E-state index in [1.165, 1.54) is 31.6 Å². The van der Waals surface area contributed by atoms with Gasteiger partial charge in [-0.25, -0.2) is 0 Å².